The molecule has 0 atom stereocenters. The molecular formula is C10H5F5O2. The lowest BCUT2D eigenvalue weighted by molar-refractivity contribution is -0.138. The molecule has 0 heterocycles. The highest BCUT2D eigenvalue weighted by molar-refractivity contribution is 5.87. The van der Waals surface area contributed by atoms with Crippen LogP contribution >= 0.6 is 0 Å². The van der Waals surface area contributed by atoms with Crippen LogP contribution in [0.15, 0.2) is 12.1 Å². The van der Waals surface area contributed by atoms with E-state index in [0.717, 1.165) is 0 Å². The summed E-state index contributed by atoms with van der Waals surface area (Å²) in [5.41, 5.74) is -4.71. The van der Waals surface area contributed by atoms with Crippen LogP contribution in [0.25, 0.3) is 0 Å². The predicted molar refractivity (Wildman–Crippen MR) is 47.2 cm³/mol. The summed E-state index contributed by atoms with van der Waals surface area (Å²) in [5.74, 6) is 0. The van der Waals surface area contributed by atoms with Gasteiger partial charge in [0.2, 0.25) is 0 Å². The Bertz CT molecular complexity index is 451. The van der Waals surface area contributed by atoms with Gasteiger partial charge in [-0.2, -0.15) is 13.2 Å². The van der Waals surface area contributed by atoms with Gasteiger partial charge in [-0.05, 0) is 0 Å². The molecule has 0 aliphatic rings. The number of halogens is 5. The molecule has 1 rings (SSSR count). The first kappa shape index (κ1) is 13.3. The monoisotopic (exact) mass is 252 g/mol. The van der Waals surface area contributed by atoms with E-state index in [1.807, 2.05) is 0 Å². The Hall–Kier alpha value is -1.79. The fourth-order valence-electron chi connectivity index (χ4n) is 1.38. The lowest BCUT2D eigenvalue weighted by Crippen LogP contribution is -2.14. The molecule has 0 unspecified atom stereocenters. The van der Waals surface area contributed by atoms with Crippen LogP contribution in [0.4, 0.5) is 22.0 Å². The van der Waals surface area contributed by atoms with Crippen LogP contribution in [0.2, 0.25) is 0 Å². The average Bonchev–Trinajstić information content (AvgIpc) is 2.25. The van der Waals surface area contributed by atoms with Gasteiger partial charge in [0.15, 0.2) is 12.6 Å². The fraction of sp³-hybridized carbons (Fsp3) is 0.200. The van der Waals surface area contributed by atoms with Crippen molar-refractivity contribution in [2.24, 2.45) is 0 Å². The SMILES string of the molecule is O=Cc1ccc(C(F)F)c(C=O)c1C(F)(F)F. The van der Waals surface area contributed by atoms with Crippen molar-refractivity contribution >= 4 is 12.6 Å². The molecule has 0 aromatic heterocycles. The molecule has 0 saturated heterocycles. The molecule has 1 aromatic carbocycles. The number of rotatable bonds is 3. The molecule has 0 N–H and O–H groups in total. The van der Waals surface area contributed by atoms with Crippen molar-refractivity contribution < 1.29 is 31.5 Å². The number of alkyl halides is 5. The highest BCUT2D eigenvalue weighted by atomic mass is 19.4. The third-order valence-electron chi connectivity index (χ3n) is 2.07. The summed E-state index contributed by atoms with van der Waals surface area (Å²) in [4.78, 5) is 20.9. The summed E-state index contributed by atoms with van der Waals surface area (Å²) in [7, 11) is 0. The van der Waals surface area contributed by atoms with E-state index >= 15 is 0 Å². The molecule has 92 valence electrons. The molecule has 0 radical (unpaired) electrons. The molecule has 1 aromatic rings. The number of hydrogen-bond acceptors (Lipinski definition) is 2. The maximum Gasteiger partial charge on any atom is 0.417 e. The van der Waals surface area contributed by atoms with Crippen molar-refractivity contribution in [3.8, 4) is 0 Å². The zero-order valence-electron chi connectivity index (χ0n) is 8.09. The Balaban J connectivity index is 3.66. The normalized spacial score (nSPS) is 11.6. The Morgan fingerprint density at radius 3 is 2.00 bits per heavy atom. The standard InChI is InChI=1S/C10H5F5O2/c11-9(12)6-2-1-5(3-16)8(7(6)4-17)10(13,14)15/h1-4,9H. The van der Waals surface area contributed by atoms with E-state index in [4.69, 9.17) is 0 Å². The van der Waals surface area contributed by atoms with Gasteiger partial charge >= 0.3 is 6.18 Å². The van der Waals surface area contributed by atoms with Gasteiger partial charge in [-0.25, -0.2) is 8.78 Å². The lowest BCUT2D eigenvalue weighted by Gasteiger charge is -2.14. The minimum atomic E-state index is -5.04. The van der Waals surface area contributed by atoms with Crippen molar-refractivity contribution in [2.45, 2.75) is 12.6 Å². The first-order chi connectivity index (χ1) is 7.82. The number of carbonyl (C=O) groups excluding carboxylic acids is 2. The molecule has 2 nitrogen and oxygen atoms in total. The van der Waals surface area contributed by atoms with E-state index in [1.165, 1.54) is 0 Å². The van der Waals surface area contributed by atoms with Crippen molar-refractivity contribution in [1.29, 1.82) is 0 Å². The smallest absolute Gasteiger partial charge is 0.298 e. The number of benzene rings is 1. The summed E-state index contributed by atoms with van der Waals surface area (Å²) in [5, 5.41) is 0. The third-order valence-corrected chi connectivity index (χ3v) is 2.07. The van der Waals surface area contributed by atoms with E-state index in [2.05, 4.69) is 0 Å². The third kappa shape index (κ3) is 2.48. The minimum Gasteiger partial charge on any atom is -0.298 e. The molecule has 0 aliphatic heterocycles. The van der Waals surface area contributed by atoms with E-state index in [-0.39, 0.29) is 12.6 Å². The Morgan fingerprint density at radius 2 is 1.65 bits per heavy atom. The van der Waals surface area contributed by atoms with Crippen LogP contribution < -0.4 is 0 Å². The van der Waals surface area contributed by atoms with Crippen molar-refractivity contribution in [2.75, 3.05) is 0 Å². The maximum atomic E-state index is 12.6. The highest BCUT2D eigenvalue weighted by Gasteiger charge is 2.38. The van der Waals surface area contributed by atoms with Crippen molar-refractivity contribution in [3.63, 3.8) is 0 Å². The van der Waals surface area contributed by atoms with E-state index in [0.29, 0.717) is 12.1 Å². The Morgan fingerprint density at radius 1 is 1.06 bits per heavy atom. The quantitative estimate of drug-likeness (QED) is 0.611. The van der Waals surface area contributed by atoms with Crippen LogP contribution in [-0.4, -0.2) is 12.6 Å². The fourth-order valence-corrected chi connectivity index (χ4v) is 1.38. The Labute approximate surface area is 92.0 Å². The van der Waals surface area contributed by atoms with Crippen LogP contribution in [0.5, 0.6) is 0 Å². The van der Waals surface area contributed by atoms with Crippen LogP contribution in [0.1, 0.15) is 38.3 Å². The Kier molecular flexibility index (Phi) is 3.59. The van der Waals surface area contributed by atoms with Gasteiger partial charge in [0.25, 0.3) is 6.43 Å². The van der Waals surface area contributed by atoms with Gasteiger partial charge in [0.1, 0.15) is 0 Å². The molecule has 0 bridgehead atoms. The second kappa shape index (κ2) is 4.60. The summed E-state index contributed by atoms with van der Waals surface area (Å²) >= 11 is 0. The molecule has 0 fully saturated rings. The maximum absolute atomic E-state index is 12.6. The molecule has 0 amide bonds. The zero-order valence-corrected chi connectivity index (χ0v) is 8.09. The molecule has 0 aliphatic carbocycles. The van der Waals surface area contributed by atoms with Crippen molar-refractivity contribution in [3.05, 3.63) is 34.4 Å². The second-order valence-corrected chi connectivity index (χ2v) is 3.07. The van der Waals surface area contributed by atoms with Crippen LogP contribution in [-0.2, 0) is 6.18 Å². The molecule has 0 saturated carbocycles. The number of aldehydes is 2. The van der Waals surface area contributed by atoms with Gasteiger partial charge in [0, 0.05) is 16.7 Å². The second-order valence-electron chi connectivity index (χ2n) is 3.07. The molecule has 7 heteroatoms. The number of hydrogen-bond donors (Lipinski definition) is 0. The van der Waals surface area contributed by atoms with Gasteiger partial charge in [-0.3, -0.25) is 9.59 Å². The zero-order chi connectivity index (χ0) is 13.2. The average molecular weight is 252 g/mol. The van der Waals surface area contributed by atoms with Gasteiger partial charge < -0.3 is 0 Å². The van der Waals surface area contributed by atoms with Crippen LogP contribution in [0.3, 0.4) is 0 Å². The summed E-state index contributed by atoms with van der Waals surface area (Å²) < 4.78 is 62.5. The summed E-state index contributed by atoms with van der Waals surface area (Å²) in [6.45, 7) is 0. The first-order valence-corrected chi connectivity index (χ1v) is 4.25. The van der Waals surface area contributed by atoms with Crippen LogP contribution in [0, 0.1) is 0 Å². The van der Waals surface area contributed by atoms with E-state index in [9.17, 15) is 31.5 Å². The van der Waals surface area contributed by atoms with Gasteiger partial charge in [-0.1, -0.05) is 12.1 Å². The predicted octanol–water partition coefficient (Wildman–Crippen LogP) is 3.27. The van der Waals surface area contributed by atoms with E-state index in [1.54, 1.807) is 0 Å². The topological polar surface area (TPSA) is 34.1 Å². The largest absolute Gasteiger partial charge is 0.417 e. The van der Waals surface area contributed by atoms with Crippen molar-refractivity contribution in [1.82, 2.24) is 0 Å². The highest BCUT2D eigenvalue weighted by Crippen LogP contribution is 2.37. The van der Waals surface area contributed by atoms with Gasteiger partial charge in [-0.15, -0.1) is 0 Å². The summed E-state index contributed by atoms with van der Waals surface area (Å²) in [6, 6.07) is 1.25. The molecule has 17 heavy (non-hydrogen) atoms. The minimum absolute atomic E-state index is 0.134. The van der Waals surface area contributed by atoms with Gasteiger partial charge in [0.05, 0.1) is 5.56 Å². The summed E-state index contributed by atoms with van der Waals surface area (Å²) in [6.07, 6.45) is -8.73. The lowest BCUT2D eigenvalue weighted by atomic mass is 9.97. The van der Waals surface area contributed by atoms with E-state index < -0.39 is 34.9 Å². The molecular weight excluding hydrogens is 247 g/mol. The number of carbonyl (C=O) groups is 2. The first-order valence-electron chi connectivity index (χ1n) is 4.25. The molecule has 0 spiro atoms.